The number of carbonyl (C=O) groups excluding carboxylic acids is 2. The van der Waals surface area contributed by atoms with E-state index >= 15 is 0 Å². The van der Waals surface area contributed by atoms with Crippen LogP contribution in [0.15, 0.2) is 47.3 Å². The van der Waals surface area contributed by atoms with Gasteiger partial charge in [0.2, 0.25) is 0 Å². The number of Topliss-reactive ketones (excluding diaryl/α,β-unsaturated/α-hetero) is 1. The summed E-state index contributed by atoms with van der Waals surface area (Å²) in [7, 11) is 1.74. The van der Waals surface area contributed by atoms with Crippen molar-refractivity contribution in [2.45, 2.75) is 26.7 Å². The predicted molar refractivity (Wildman–Crippen MR) is 91.7 cm³/mol. The molecule has 1 aliphatic heterocycles. The Kier molecular flexibility index (Phi) is 5.36. The van der Waals surface area contributed by atoms with E-state index in [0.717, 1.165) is 0 Å². The molecular formula is C18H20N2O5. The van der Waals surface area contributed by atoms with Gasteiger partial charge in [-0.3, -0.25) is 14.9 Å². The molecule has 0 saturated carbocycles. The van der Waals surface area contributed by atoms with Crippen LogP contribution in [0.3, 0.4) is 0 Å². The van der Waals surface area contributed by atoms with Gasteiger partial charge in [0.25, 0.3) is 5.69 Å². The maximum Gasteiger partial charge on any atom is 0.336 e. The SMILES string of the molecule is CCOC(=O)C1=CN(C)C(C)=C(C(C)=O)C1c1cccc([N+](=O)[O-])c1. The average molecular weight is 344 g/mol. The lowest BCUT2D eigenvalue weighted by molar-refractivity contribution is -0.384. The number of non-ortho nitro benzene ring substituents is 1. The smallest absolute Gasteiger partial charge is 0.336 e. The number of esters is 1. The fourth-order valence-corrected chi connectivity index (χ4v) is 2.94. The normalized spacial score (nSPS) is 17.2. The number of carbonyl (C=O) groups is 2. The van der Waals surface area contributed by atoms with E-state index in [1.165, 1.54) is 19.1 Å². The molecule has 1 aromatic rings. The van der Waals surface area contributed by atoms with Crippen molar-refractivity contribution < 1.29 is 19.2 Å². The number of nitrogens with zero attached hydrogens (tertiary/aromatic N) is 2. The van der Waals surface area contributed by atoms with Crippen LogP contribution in [0, 0.1) is 10.1 Å². The van der Waals surface area contributed by atoms with Gasteiger partial charge in [-0.2, -0.15) is 0 Å². The van der Waals surface area contributed by atoms with E-state index in [1.54, 1.807) is 44.1 Å². The molecule has 1 heterocycles. The monoisotopic (exact) mass is 344 g/mol. The van der Waals surface area contributed by atoms with Crippen molar-refractivity contribution in [2.24, 2.45) is 0 Å². The van der Waals surface area contributed by atoms with Crippen LogP contribution >= 0.6 is 0 Å². The number of ether oxygens (including phenoxy) is 1. The second kappa shape index (κ2) is 7.29. The minimum Gasteiger partial charge on any atom is -0.463 e. The number of ketones is 1. The Morgan fingerprint density at radius 2 is 2.04 bits per heavy atom. The van der Waals surface area contributed by atoms with Crippen molar-refractivity contribution in [1.29, 1.82) is 0 Å². The molecule has 0 bridgehead atoms. The van der Waals surface area contributed by atoms with Crippen molar-refractivity contribution >= 4 is 17.4 Å². The molecule has 7 nitrogen and oxygen atoms in total. The molecule has 0 spiro atoms. The van der Waals surface area contributed by atoms with Gasteiger partial charge in [0, 0.05) is 42.6 Å². The van der Waals surface area contributed by atoms with E-state index in [-0.39, 0.29) is 23.7 Å². The molecule has 0 aromatic heterocycles. The van der Waals surface area contributed by atoms with Crippen LogP contribution in [0.4, 0.5) is 5.69 Å². The van der Waals surface area contributed by atoms with E-state index in [1.807, 2.05) is 0 Å². The number of nitro benzene ring substituents is 1. The van der Waals surface area contributed by atoms with Crippen LogP contribution < -0.4 is 0 Å². The van der Waals surface area contributed by atoms with E-state index in [2.05, 4.69) is 0 Å². The first-order valence-corrected chi connectivity index (χ1v) is 7.85. The van der Waals surface area contributed by atoms with Gasteiger partial charge in [-0.1, -0.05) is 12.1 Å². The average Bonchev–Trinajstić information content (AvgIpc) is 2.56. The highest BCUT2D eigenvalue weighted by Crippen LogP contribution is 2.40. The molecule has 0 radical (unpaired) electrons. The van der Waals surface area contributed by atoms with Gasteiger partial charge in [0.05, 0.1) is 17.1 Å². The molecule has 7 heteroatoms. The fourth-order valence-electron chi connectivity index (χ4n) is 2.94. The summed E-state index contributed by atoms with van der Waals surface area (Å²) in [4.78, 5) is 37.0. The fraction of sp³-hybridized carbons (Fsp3) is 0.333. The Balaban J connectivity index is 2.66. The Hall–Kier alpha value is -2.96. The molecule has 25 heavy (non-hydrogen) atoms. The first-order valence-electron chi connectivity index (χ1n) is 7.85. The van der Waals surface area contributed by atoms with Crippen molar-refractivity contribution in [1.82, 2.24) is 4.90 Å². The van der Waals surface area contributed by atoms with Gasteiger partial charge in [-0.05, 0) is 26.3 Å². The van der Waals surface area contributed by atoms with Crippen molar-refractivity contribution in [3.63, 3.8) is 0 Å². The first-order chi connectivity index (χ1) is 11.8. The van der Waals surface area contributed by atoms with Gasteiger partial charge in [-0.15, -0.1) is 0 Å². The maximum absolute atomic E-state index is 12.4. The lowest BCUT2D eigenvalue weighted by Crippen LogP contribution is -2.29. The van der Waals surface area contributed by atoms with Gasteiger partial charge in [-0.25, -0.2) is 4.79 Å². The molecular weight excluding hydrogens is 324 g/mol. The third-order valence-electron chi connectivity index (χ3n) is 4.16. The summed E-state index contributed by atoms with van der Waals surface area (Å²) in [5, 5.41) is 11.1. The second-order valence-electron chi connectivity index (χ2n) is 5.76. The van der Waals surface area contributed by atoms with Crippen molar-refractivity contribution in [3.05, 3.63) is 63.0 Å². The molecule has 0 fully saturated rings. The Morgan fingerprint density at radius 1 is 1.36 bits per heavy atom. The van der Waals surface area contributed by atoms with E-state index in [4.69, 9.17) is 4.74 Å². The zero-order chi connectivity index (χ0) is 18.7. The highest BCUT2D eigenvalue weighted by molar-refractivity contribution is 6.01. The molecule has 1 aromatic carbocycles. The van der Waals surface area contributed by atoms with Crippen LogP contribution in [-0.4, -0.2) is 35.2 Å². The van der Waals surface area contributed by atoms with Gasteiger partial charge in [0.15, 0.2) is 5.78 Å². The summed E-state index contributed by atoms with van der Waals surface area (Å²) < 4.78 is 5.12. The summed E-state index contributed by atoms with van der Waals surface area (Å²) in [6, 6.07) is 5.98. The standard InChI is InChI=1S/C18H20N2O5/c1-5-25-18(22)15-10-19(4)11(2)16(12(3)21)17(15)13-7-6-8-14(9-13)20(23)24/h6-10,17H,5H2,1-4H3. The third kappa shape index (κ3) is 3.60. The molecule has 0 N–H and O–H groups in total. The molecule has 0 amide bonds. The minimum absolute atomic E-state index is 0.0970. The molecule has 1 atom stereocenters. The number of benzene rings is 1. The van der Waals surface area contributed by atoms with Crippen LogP contribution in [0.5, 0.6) is 0 Å². The summed E-state index contributed by atoms with van der Waals surface area (Å²) in [6.45, 7) is 5.09. The summed E-state index contributed by atoms with van der Waals surface area (Å²) >= 11 is 0. The lowest BCUT2D eigenvalue weighted by Gasteiger charge is -2.32. The van der Waals surface area contributed by atoms with Crippen LogP contribution in [0.1, 0.15) is 32.3 Å². The third-order valence-corrected chi connectivity index (χ3v) is 4.16. The zero-order valence-electron chi connectivity index (χ0n) is 14.6. The second-order valence-corrected chi connectivity index (χ2v) is 5.76. The quantitative estimate of drug-likeness (QED) is 0.463. The number of hydrogen-bond donors (Lipinski definition) is 0. The molecule has 1 aliphatic rings. The molecule has 2 rings (SSSR count). The molecule has 132 valence electrons. The Morgan fingerprint density at radius 3 is 2.60 bits per heavy atom. The summed E-state index contributed by atoms with van der Waals surface area (Å²) in [5.74, 6) is -1.44. The first kappa shape index (κ1) is 18.4. The summed E-state index contributed by atoms with van der Waals surface area (Å²) in [6.07, 6.45) is 1.61. The largest absolute Gasteiger partial charge is 0.463 e. The van der Waals surface area contributed by atoms with Crippen molar-refractivity contribution in [3.8, 4) is 0 Å². The highest BCUT2D eigenvalue weighted by atomic mass is 16.6. The molecule has 0 saturated heterocycles. The predicted octanol–water partition coefficient (Wildman–Crippen LogP) is 2.93. The number of allylic oxidation sites excluding steroid dienone is 2. The summed E-state index contributed by atoms with van der Waals surface area (Å²) in [5.41, 5.74) is 1.80. The molecule has 0 aliphatic carbocycles. The number of nitro groups is 1. The van der Waals surface area contributed by atoms with Gasteiger partial charge < -0.3 is 9.64 Å². The highest BCUT2D eigenvalue weighted by Gasteiger charge is 2.35. The van der Waals surface area contributed by atoms with Gasteiger partial charge in [0.1, 0.15) is 0 Å². The van der Waals surface area contributed by atoms with E-state index in [0.29, 0.717) is 16.8 Å². The Bertz CT molecular complexity index is 794. The zero-order valence-corrected chi connectivity index (χ0v) is 14.6. The Labute approximate surface area is 145 Å². The topological polar surface area (TPSA) is 89.8 Å². The molecule has 1 unspecified atom stereocenters. The number of rotatable bonds is 5. The maximum atomic E-state index is 12.4. The van der Waals surface area contributed by atoms with E-state index < -0.39 is 16.8 Å². The van der Waals surface area contributed by atoms with Gasteiger partial charge >= 0.3 is 5.97 Å². The lowest BCUT2D eigenvalue weighted by atomic mass is 9.80. The van der Waals surface area contributed by atoms with Crippen LogP contribution in [0.25, 0.3) is 0 Å². The van der Waals surface area contributed by atoms with Crippen LogP contribution in [-0.2, 0) is 14.3 Å². The van der Waals surface area contributed by atoms with Crippen LogP contribution in [0.2, 0.25) is 0 Å². The van der Waals surface area contributed by atoms with E-state index in [9.17, 15) is 19.7 Å². The number of hydrogen-bond acceptors (Lipinski definition) is 6. The minimum atomic E-state index is -0.701. The van der Waals surface area contributed by atoms with Crippen molar-refractivity contribution in [2.75, 3.05) is 13.7 Å².